The first-order valence-electron chi connectivity index (χ1n) is 11.4. The quantitative estimate of drug-likeness (QED) is 0.330. The Hall–Kier alpha value is -3.17. The molecule has 184 valence electrons. The summed E-state index contributed by atoms with van der Waals surface area (Å²) in [6, 6.07) is 14.3. The van der Waals surface area contributed by atoms with Crippen molar-refractivity contribution in [2.45, 2.75) is 38.0 Å². The second-order valence-electron chi connectivity index (χ2n) is 9.14. The number of anilines is 2. The van der Waals surface area contributed by atoms with E-state index >= 15 is 0 Å². The summed E-state index contributed by atoms with van der Waals surface area (Å²) in [5, 5.41) is 15.5. The van der Waals surface area contributed by atoms with E-state index in [0.29, 0.717) is 29.2 Å². The number of piperidine rings is 1. The average molecular weight is 518 g/mol. The van der Waals surface area contributed by atoms with E-state index in [1.807, 2.05) is 37.3 Å². The van der Waals surface area contributed by atoms with E-state index in [0.717, 1.165) is 43.1 Å². The first kappa shape index (κ1) is 23.6. The van der Waals surface area contributed by atoms with E-state index in [4.69, 9.17) is 32.7 Å². The zero-order chi connectivity index (χ0) is 24.6. The summed E-state index contributed by atoms with van der Waals surface area (Å²) in [5.41, 5.74) is 1.50. The highest BCUT2D eigenvalue weighted by Gasteiger charge is 2.41. The predicted octanol–water partition coefficient (Wildman–Crippen LogP) is 5.41. The Bertz CT molecular complexity index is 1200. The molecule has 0 spiro atoms. The van der Waals surface area contributed by atoms with Crippen molar-refractivity contribution in [1.82, 2.24) is 9.55 Å². The minimum absolute atomic E-state index is 0.215. The Kier molecular flexibility index (Phi) is 6.37. The van der Waals surface area contributed by atoms with E-state index in [2.05, 4.69) is 27.3 Å². The van der Waals surface area contributed by atoms with Gasteiger partial charge in [-0.25, -0.2) is 0 Å². The van der Waals surface area contributed by atoms with Crippen LogP contribution >= 0.6 is 23.2 Å². The lowest BCUT2D eigenvalue weighted by Gasteiger charge is -2.34. The average Bonchev–Trinajstić information content (AvgIpc) is 3.37. The van der Waals surface area contributed by atoms with Crippen LogP contribution < -0.4 is 19.7 Å². The van der Waals surface area contributed by atoms with Gasteiger partial charge < -0.3 is 29.8 Å². The monoisotopic (exact) mass is 517 g/mol. The number of nitrogens with one attached hydrogen (secondary N) is 1. The maximum atomic E-state index is 10.9. The first-order chi connectivity index (χ1) is 16.8. The Morgan fingerprint density at radius 1 is 1.20 bits per heavy atom. The van der Waals surface area contributed by atoms with Crippen LogP contribution in [-0.4, -0.2) is 45.8 Å². The fourth-order valence-corrected chi connectivity index (χ4v) is 4.75. The molecule has 5 rings (SSSR count). The summed E-state index contributed by atoms with van der Waals surface area (Å²) < 4.78 is 13.4. The maximum absolute atomic E-state index is 10.9. The van der Waals surface area contributed by atoms with Crippen LogP contribution in [0.5, 0.6) is 11.8 Å². The summed E-state index contributed by atoms with van der Waals surface area (Å²) in [6.07, 6.45) is 3.42. The molecule has 35 heavy (non-hydrogen) atoms. The van der Waals surface area contributed by atoms with Crippen molar-refractivity contribution in [2.75, 3.05) is 29.9 Å². The highest BCUT2D eigenvalue weighted by atomic mass is 35.5. The van der Waals surface area contributed by atoms with Crippen molar-refractivity contribution in [3.05, 3.63) is 68.8 Å². The topological polar surface area (TPSA) is 94.7 Å². The fraction of sp³-hybridized carbons (Fsp3) is 0.375. The molecule has 0 bridgehead atoms. The van der Waals surface area contributed by atoms with Gasteiger partial charge in [0.05, 0.1) is 16.6 Å². The number of nitro groups is 1. The van der Waals surface area contributed by atoms with E-state index in [9.17, 15) is 10.1 Å². The van der Waals surface area contributed by atoms with Crippen molar-refractivity contribution in [1.29, 1.82) is 0 Å². The summed E-state index contributed by atoms with van der Waals surface area (Å²) >= 11 is 12.1. The molecule has 0 radical (unpaired) electrons. The minimum Gasteiger partial charge on any atom is -0.489 e. The molecule has 0 aliphatic carbocycles. The lowest BCUT2D eigenvalue weighted by atomic mass is 10.0. The number of ether oxygens (including phenoxy) is 2. The van der Waals surface area contributed by atoms with Crippen molar-refractivity contribution in [2.24, 2.45) is 0 Å². The number of halogens is 2. The Labute approximate surface area is 212 Å². The van der Waals surface area contributed by atoms with Gasteiger partial charge >= 0.3 is 11.8 Å². The molecule has 1 saturated heterocycles. The van der Waals surface area contributed by atoms with Crippen molar-refractivity contribution < 1.29 is 14.4 Å². The van der Waals surface area contributed by atoms with Crippen LogP contribution in [0.3, 0.4) is 0 Å². The number of nitrogens with zero attached hydrogens (tertiary/aromatic N) is 4. The standard InChI is InChI=1S/C24H25Cl2N5O4/c1-24(14-30-13-22(31(32)33)28-23(30)35-24)15-34-19-5-3-18(4-6-19)29-10-8-16(9-11-29)27-17-2-7-20(25)21(26)12-17/h2-7,12-13,16,27H,8-11,14-15H2,1H3. The van der Waals surface area contributed by atoms with Gasteiger partial charge in [-0.1, -0.05) is 23.2 Å². The van der Waals surface area contributed by atoms with E-state index in [1.165, 1.54) is 6.20 Å². The van der Waals surface area contributed by atoms with Crippen molar-refractivity contribution >= 4 is 40.4 Å². The summed E-state index contributed by atoms with van der Waals surface area (Å²) in [6.45, 7) is 4.53. The molecule has 2 aliphatic rings. The van der Waals surface area contributed by atoms with E-state index in [1.54, 1.807) is 4.57 Å². The molecule has 0 amide bonds. The third kappa shape index (κ3) is 5.26. The Morgan fingerprint density at radius 2 is 1.94 bits per heavy atom. The van der Waals surface area contributed by atoms with Gasteiger partial charge in [-0.2, -0.15) is 0 Å². The molecule has 1 atom stereocenters. The molecule has 2 aromatic carbocycles. The minimum atomic E-state index is -0.640. The highest BCUT2D eigenvalue weighted by Crippen LogP contribution is 2.32. The van der Waals surface area contributed by atoms with Crippen LogP contribution in [0.2, 0.25) is 10.0 Å². The molecule has 1 aromatic heterocycles. The van der Waals surface area contributed by atoms with Crippen LogP contribution in [0.4, 0.5) is 17.2 Å². The summed E-state index contributed by atoms with van der Waals surface area (Å²) in [7, 11) is 0. The molecule has 11 heteroatoms. The smallest absolute Gasteiger partial charge is 0.415 e. The van der Waals surface area contributed by atoms with Gasteiger partial charge in [0.2, 0.25) is 0 Å². The lowest BCUT2D eigenvalue weighted by molar-refractivity contribution is -0.389. The third-order valence-corrected chi connectivity index (χ3v) is 7.03. The number of hydrogen-bond donors (Lipinski definition) is 1. The van der Waals surface area contributed by atoms with Gasteiger partial charge in [-0.05, 0) is 67.2 Å². The molecular formula is C24H25Cl2N5O4. The van der Waals surface area contributed by atoms with Crippen molar-refractivity contribution in [3.8, 4) is 11.8 Å². The largest absolute Gasteiger partial charge is 0.489 e. The van der Waals surface area contributed by atoms with Crippen LogP contribution in [0.25, 0.3) is 0 Å². The molecular weight excluding hydrogens is 493 g/mol. The normalized spacial score (nSPS) is 19.8. The number of imidazole rings is 1. The summed E-state index contributed by atoms with van der Waals surface area (Å²) in [4.78, 5) is 16.6. The molecule has 0 saturated carbocycles. The number of aromatic nitrogens is 2. The third-order valence-electron chi connectivity index (χ3n) is 6.29. The van der Waals surface area contributed by atoms with Gasteiger partial charge in [-0.15, -0.1) is 0 Å². The highest BCUT2D eigenvalue weighted by molar-refractivity contribution is 6.42. The zero-order valence-corrected chi connectivity index (χ0v) is 20.6. The predicted molar refractivity (Wildman–Crippen MR) is 135 cm³/mol. The van der Waals surface area contributed by atoms with Crippen molar-refractivity contribution in [3.63, 3.8) is 0 Å². The molecule has 9 nitrogen and oxygen atoms in total. The lowest BCUT2D eigenvalue weighted by Crippen LogP contribution is -2.39. The van der Waals surface area contributed by atoms with Crippen LogP contribution in [0, 0.1) is 10.1 Å². The Morgan fingerprint density at radius 3 is 2.60 bits per heavy atom. The van der Waals surface area contributed by atoms with Gasteiger partial charge in [0.25, 0.3) is 0 Å². The van der Waals surface area contributed by atoms with Gasteiger partial charge in [0.15, 0.2) is 5.60 Å². The fourth-order valence-electron chi connectivity index (χ4n) is 4.45. The number of rotatable bonds is 7. The SMILES string of the molecule is CC1(COc2ccc(N3CCC(Nc4ccc(Cl)c(Cl)c4)CC3)cc2)Cn2cc([N+](=O)[O-])nc2O1. The maximum Gasteiger partial charge on any atom is 0.415 e. The molecule has 3 aromatic rings. The number of benzene rings is 2. The van der Waals surface area contributed by atoms with Gasteiger partial charge in [0, 0.05) is 35.5 Å². The number of fused-ring (bicyclic) bond motifs is 1. The second kappa shape index (κ2) is 9.47. The van der Waals surface area contributed by atoms with Crippen LogP contribution in [0.15, 0.2) is 48.7 Å². The molecule has 2 aliphatic heterocycles. The molecule has 1 fully saturated rings. The molecule has 1 unspecified atom stereocenters. The second-order valence-corrected chi connectivity index (χ2v) is 9.95. The van der Waals surface area contributed by atoms with Crippen LogP contribution in [0.1, 0.15) is 19.8 Å². The number of hydrogen-bond acceptors (Lipinski definition) is 7. The Balaban J connectivity index is 1.10. The molecule has 3 heterocycles. The first-order valence-corrected chi connectivity index (χ1v) is 12.1. The zero-order valence-electron chi connectivity index (χ0n) is 19.1. The molecule has 1 N–H and O–H groups in total. The van der Waals surface area contributed by atoms with E-state index in [-0.39, 0.29) is 11.8 Å². The van der Waals surface area contributed by atoms with Gasteiger partial charge in [0.1, 0.15) is 18.6 Å². The van der Waals surface area contributed by atoms with Crippen LogP contribution in [-0.2, 0) is 6.54 Å². The summed E-state index contributed by atoms with van der Waals surface area (Å²) in [5.74, 6) is 0.526. The van der Waals surface area contributed by atoms with E-state index < -0.39 is 10.5 Å². The van der Waals surface area contributed by atoms with Gasteiger partial charge in [-0.3, -0.25) is 4.57 Å².